The first-order valence-corrected chi connectivity index (χ1v) is 18.5. The van der Waals surface area contributed by atoms with Crippen molar-refractivity contribution in [3.05, 3.63) is 101 Å². The standard InChI is InChI=1S/C41H56N6O6/c1-7-27(2)35(47-21-20-46(40(47)53)26-31-19-18-28(3)42-25-31)37(49)43-32(22-29-14-10-8-11-15-29)24-34(48)33(23-30-16-12-9-13-17-30)44-38(50)36(41(4,5)6)45-39(51)52/h8-19,25,27,32-36,45,48H,7,20-24,26H2,1-6H3,(H,43,49)(H,44,50)(H,51,52)/t27?,32-,33-,34+,35-,36+/m0/s1. The van der Waals surface area contributed by atoms with E-state index in [9.17, 15) is 29.4 Å². The zero-order valence-corrected chi connectivity index (χ0v) is 31.8. The molecule has 2 aromatic carbocycles. The van der Waals surface area contributed by atoms with Crippen LogP contribution in [0, 0.1) is 18.3 Å². The van der Waals surface area contributed by atoms with Gasteiger partial charge in [0.2, 0.25) is 11.8 Å². The smallest absolute Gasteiger partial charge is 0.405 e. The van der Waals surface area contributed by atoms with Gasteiger partial charge in [-0.15, -0.1) is 0 Å². The topological polar surface area (TPSA) is 164 Å². The van der Waals surface area contributed by atoms with E-state index in [1.165, 1.54) is 0 Å². The summed E-state index contributed by atoms with van der Waals surface area (Å²) >= 11 is 0. The molecule has 1 saturated heterocycles. The molecule has 2 heterocycles. The Balaban J connectivity index is 1.58. The van der Waals surface area contributed by atoms with Gasteiger partial charge in [0, 0.05) is 37.6 Å². The van der Waals surface area contributed by atoms with Gasteiger partial charge in [0.25, 0.3) is 0 Å². The summed E-state index contributed by atoms with van der Waals surface area (Å²) in [5.74, 6) is -1.01. The van der Waals surface area contributed by atoms with Gasteiger partial charge in [-0.1, -0.05) is 108 Å². The summed E-state index contributed by atoms with van der Waals surface area (Å²) < 4.78 is 0. The van der Waals surface area contributed by atoms with Gasteiger partial charge in [0.15, 0.2) is 0 Å². The van der Waals surface area contributed by atoms with Crippen molar-refractivity contribution in [2.24, 2.45) is 11.3 Å². The summed E-state index contributed by atoms with van der Waals surface area (Å²) in [7, 11) is 0. The van der Waals surface area contributed by atoms with Crippen LogP contribution in [-0.2, 0) is 29.0 Å². The molecule has 0 bridgehead atoms. The van der Waals surface area contributed by atoms with Crippen LogP contribution in [0.4, 0.5) is 9.59 Å². The predicted octanol–water partition coefficient (Wildman–Crippen LogP) is 4.93. The molecule has 6 atom stereocenters. The van der Waals surface area contributed by atoms with E-state index >= 15 is 0 Å². The Morgan fingerprint density at radius 1 is 0.849 bits per heavy atom. The first kappa shape index (κ1) is 40.8. The first-order valence-electron chi connectivity index (χ1n) is 18.5. The van der Waals surface area contributed by atoms with Crippen molar-refractivity contribution in [2.75, 3.05) is 13.1 Å². The van der Waals surface area contributed by atoms with Crippen molar-refractivity contribution < 1.29 is 29.4 Å². The van der Waals surface area contributed by atoms with E-state index in [0.29, 0.717) is 32.5 Å². The van der Waals surface area contributed by atoms with E-state index in [1.807, 2.05) is 93.6 Å². The Hall–Kier alpha value is -4.97. The van der Waals surface area contributed by atoms with Crippen LogP contribution in [0.5, 0.6) is 0 Å². The molecule has 12 nitrogen and oxygen atoms in total. The number of rotatable bonds is 17. The number of nitrogens with one attached hydrogen (secondary N) is 3. The van der Waals surface area contributed by atoms with Gasteiger partial charge in [0.05, 0.1) is 12.1 Å². The minimum absolute atomic E-state index is 0.0820. The number of aryl methyl sites for hydroxylation is 1. The first-order chi connectivity index (χ1) is 25.2. The van der Waals surface area contributed by atoms with Gasteiger partial charge in [0.1, 0.15) is 12.1 Å². The third-order valence-corrected chi connectivity index (χ3v) is 9.94. The highest BCUT2D eigenvalue weighted by Crippen LogP contribution is 2.24. The van der Waals surface area contributed by atoms with Gasteiger partial charge in [-0.2, -0.15) is 0 Å². The molecule has 1 aromatic heterocycles. The Bertz CT molecular complexity index is 1650. The highest BCUT2D eigenvalue weighted by molar-refractivity contribution is 5.88. The summed E-state index contributed by atoms with van der Waals surface area (Å²) in [6.45, 7) is 12.4. The van der Waals surface area contributed by atoms with E-state index in [0.717, 1.165) is 22.4 Å². The van der Waals surface area contributed by atoms with E-state index in [-0.39, 0.29) is 30.7 Å². The maximum Gasteiger partial charge on any atom is 0.405 e. The molecular formula is C41H56N6O6. The fourth-order valence-corrected chi connectivity index (χ4v) is 6.80. The van der Waals surface area contributed by atoms with Crippen molar-refractivity contribution >= 4 is 23.9 Å². The Morgan fingerprint density at radius 2 is 1.47 bits per heavy atom. The summed E-state index contributed by atoms with van der Waals surface area (Å²) in [4.78, 5) is 61.2. The lowest BCUT2D eigenvalue weighted by Gasteiger charge is -2.35. The van der Waals surface area contributed by atoms with Crippen molar-refractivity contribution in [2.45, 2.75) is 104 Å². The number of carboxylic acid groups (broad SMARTS) is 1. The predicted molar refractivity (Wildman–Crippen MR) is 204 cm³/mol. The zero-order valence-electron chi connectivity index (χ0n) is 31.8. The summed E-state index contributed by atoms with van der Waals surface area (Å²) in [5, 5.41) is 29.9. The number of pyridine rings is 1. The third-order valence-electron chi connectivity index (χ3n) is 9.94. The second-order valence-corrected chi connectivity index (χ2v) is 15.3. The molecule has 0 saturated carbocycles. The second-order valence-electron chi connectivity index (χ2n) is 15.3. The minimum atomic E-state index is -1.33. The van der Waals surface area contributed by atoms with Gasteiger partial charge in [-0.05, 0) is 60.3 Å². The number of carbonyl (C=O) groups excluding carboxylic acids is 3. The van der Waals surface area contributed by atoms with Crippen LogP contribution in [0.2, 0.25) is 0 Å². The fraction of sp³-hybridized carbons (Fsp3) is 0.488. The van der Waals surface area contributed by atoms with Gasteiger partial charge in [-0.3, -0.25) is 14.6 Å². The number of aromatic nitrogens is 1. The number of hydrogen-bond donors (Lipinski definition) is 5. The van der Waals surface area contributed by atoms with Crippen LogP contribution in [0.1, 0.15) is 69.8 Å². The number of urea groups is 1. The van der Waals surface area contributed by atoms with Crippen molar-refractivity contribution in [3.8, 4) is 0 Å². The maximum atomic E-state index is 14.4. The summed E-state index contributed by atoms with van der Waals surface area (Å²) in [6.07, 6.45) is 0.728. The van der Waals surface area contributed by atoms with Crippen molar-refractivity contribution in [1.82, 2.24) is 30.7 Å². The Labute approximate surface area is 313 Å². The molecule has 5 amide bonds. The van der Waals surface area contributed by atoms with Crippen LogP contribution >= 0.6 is 0 Å². The molecule has 5 N–H and O–H groups in total. The number of carbonyl (C=O) groups is 4. The Kier molecular flexibility index (Phi) is 14.4. The maximum absolute atomic E-state index is 14.4. The lowest BCUT2D eigenvalue weighted by atomic mass is 9.85. The molecule has 286 valence electrons. The van der Waals surface area contributed by atoms with E-state index in [4.69, 9.17) is 0 Å². The number of nitrogens with zero attached hydrogens (tertiary/aromatic N) is 3. The van der Waals surface area contributed by atoms with Gasteiger partial charge in [-0.25, -0.2) is 9.59 Å². The summed E-state index contributed by atoms with van der Waals surface area (Å²) in [5.41, 5.74) is 2.87. The third kappa shape index (κ3) is 11.8. The Morgan fingerprint density at radius 3 is 2.02 bits per heavy atom. The lowest BCUT2D eigenvalue weighted by molar-refractivity contribution is -0.129. The average Bonchev–Trinajstić information content (AvgIpc) is 3.46. The number of aliphatic hydroxyl groups is 1. The zero-order chi connectivity index (χ0) is 38.7. The van der Waals surface area contributed by atoms with E-state index in [2.05, 4.69) is 20.9 Å². The van der Waals surface area contributed by atoms with Gasteiger partial charge >= 0.3 is 12.1 Å². The van der Waals surface area contributed by atoms with Crippen molar-refractivity contribution in [3.63, 3.8) is 0 Å². The summed E-state index contributed by atoms with van der Waals surface area (Å²) in [6, 6.07) is 19.5. The molecule has 0 aliphatic carbocycles. The largest absolute Gasteiger partial charge is 0.465 e. The van der Waals surface area contributed by atoms with Crippen LogP contribution < -0.4 is 16.0 Å². The van der Waals surface area contributed by atoms with Crippen LogP contribution in [0.15, 0.2) is 79.0 Å². The molecule has 0 spiro atoms. The number of benzene rings is 2. The highest BCUT2D eigenvalue weighted by Gasteiger charge is 2.41. The molecule has 53 heavy (non-hydrogen) atoms. The molecule has 12 heteroatoms. The van der Waals surface area contributed by atoms with Crippen molar-refractivity contribution in [1.29, 1.82) is 0 Å². The molecule has 0 radical (unpaired) electrons. The molecule has 4 rings (SSSR count). The monoisotopic (exact) mass is 728 g/mol. The molecule has 1 aliphatic heterocycles. The number of hydrogen-bond acceptors (Lipinski definition) is 6. The molecular weight excluding hydrogens is 672 g/mol. The average molecular weight is 729 g/mol. The molecule has 1 aliphatic rings. The van der Waals surface area contributed by atoms with Crippen LogP contribution in [0.25, 0.3) is 0 Å². The fourth-order valence-electron chi connectivity index (χ4n) is 6.80. The van der Waals surface area contributed by atoms with Crippen LogP contribution in [-0.4, -0.2) is 92.3 Å². The quantitative estimate of drug-likeness (QED) is 0.132. The second kappa shape index (κ2) is 18.7. The minimum Gasteiger partial charge on any atom is -0.465 e. The van der Waals surface area contributed by atoms with E-state index < -0.39 is 47.7 Å². The molecule has 3 aromatic rings. The number of amides is 5. The molecule has 1 unspecified atom stereocenters. The normalized spacial score (nSPS) is 16.6. The highest BCUT2D eigenvalue weighted by atomic mass is 16.4. The SMILES string of the molecule is CCC(C)[C@@H](C(=O)N[C@@H](Cc1ccccc1)C[C@@H](O)[C@H](Cc1ccccc1)NC(=O)[C@@H](NC(=O)O)C(C)(C)C)N1CCN(Cc2ccc(C)nc2)C1=O. The lowest BCUT2D eigenvalue weighted by Crippen LogP contribution is -2.58. The molecule has 1 fully saturated rings. The number of aliphatic hydroxyl groups excluding tert-OH is 1. The van der Waals surface area contributed by atoms with E-state index in [1.54, 1.807) is 36.8 Å². The van der Waals surface area contributed by atoms with Gasteiger partial charge < -0.3 is 36.0 Å². The van der Waals surface area contributed by atoms with Crippen LogP contribution in [0.3, 0.4) is 0 Å².